The van der Waals surface area contributed by atoms with E-state index >= 15 is 0 Å². The number of carbonyl (C=O) groups is 1. The molecule has 18 heavy (non-hydrogen) atoms. The molecule has 2 aliphatic heterocycles. The summed E-state index contributed by atoms with van der Waals surface area (Å²) in [5.41, 5.74) is 0.539. The summed E-state index contributed by atoms with van der Waals surface area (Å²) in [6.07, 6.45) is 0.666. The van der Waals surface area contributed by atoms with Gasteiger partial charge in [0.05, 0.1) is 11.7 Å². The number of aromatic hydroxyl groups is 1. The third-order valence-corrected chi connectivity index (χ3v) is 3.69. The average Bonchev–Trinajstić information content (AvgIpc) is 2.99. The molecule has 1 aromatic carbocycles. The number of hydrogen-bond acceptors (Lipinski definition) is 4. The fourth-order valence-corrected chi connectivity index (χ4v) is 2.73. The minimum Gasteiger partial charge on any atom is -0.506 e. The van der Waals surface area contributed by atoms with Gasteiger partial charge in [-0.2, -0.15) is 0 Å². The number of para-hydroxylation sites is 2. The van der Waals surface area contributed by atoms with Crippen molar-refractivity contribution in [1.29, 1.82) is 0 Å². The lowest BCUT2D eigenvalue weighted by atomic mass is 9.98. The lowest BCUT2D eigenvalue weighted by molar-refractivity contribution is 0.176. The van der Waals surface area contributed by atoms with Crippen molar-refractivity contribution < 1.29 is 14.6 Å². The first kappa shape index (κ1) is 11.3. The molecule has 2 unspecified atom stereocenters. The number of cyclic esters (lactones) is 1. The Bertz CT molecular complexity index is 457. The van der Waals surface area contributed by atoms with Crippen LogP contribution in [0.25, 0.3) is 0 Å². The second-order valence-corrected chi connectivity index (χ2v) is 4.76. The molecule has 2 saturated heterocycles. The van der Waals surface area contributed by atoms with E-state index in [1.54, 1.807) is 23.1 Å². The summed E-state index contributed by atoms with van der Waals surface area (Å²) in [5.74, 6) is 0.503. The first-order valence-electron chi connectivity index (χ1n) is 6.22. The minimum absolute atomic E-state index is 0.0146. The highest BCUT2D eigenvalue weighted by Gasteiger charge is 2.41. The summed E-state index contributed by atoms with van der Waals surface area (Å²) in [5, 5.41) is 13.2. The highest BCUT2D eigenvalue weighted by molar-refractivity contribution is 5.92. The number of carbonyl (C=O) groups excluding carboxylic acids is 1. The number of phenolic OH excluding ortho intramolecular Hbond substituents is 1. The lowest BCUT2D eigenvalue weighted by Crippen LogP contribution is -2.40. The topological polar surface area (TPSA) is 61.8 Å². The van der Waals surface area contributed by atoms with Crippen LogP contribution in [0.2, 0.25) is 0 Å². The number of phenols is 1. The minimum atomic E-state index is -0.367. The zero-order valence-corrected chi connectivity index (χ0v) is 10.0. The summed E-state index contributed by atoms with van der Waals surface area (Å²) >= 11 is 0. The summed E-state index contributed by atoms with van der Waals surface area (Å²) in [6, 6.07) is 6.90. The predicted molar refractivity (Wildman–Crippen MR) is 66.7 cm³/mol. The van der Waals surface area contributed by atoms with Gasteiger partial charge in [-0.1, -0.05) is 12.1 Å². The molecule has 2 atom stereocenters. The first-order valence-corrected chi connectivity index (χ1v) is 6.22. The Kier molecular flexibility index (Phi) is 2.83. The average molecular weight is 248 g/mol. The zero-order chi connectivity index (χ0) is 12.5. The van der Waals surface area contributed by atoms with Gasteiger partial charge < -0.3 is 15.2 Å². The van der Waals surface area contributed by atoms with Crippen LogP contribution in [0.5, 0.6) is 5.75 Å². The molecule has 1 amide bonds. The van der Waals surface area contributed by atoms with E-state index in [9.17, 15) is 9.90 Å². The largest absolute Gasteiger partial charge is 0.506 e. The molecule has 5 heteroatoms. The molecule has 0 bridgehead atoms. The van der Waals surface area contributed by atoms with E-state index in [0.717, 1.165) is 19.5 Å². The number of benzene rings is 1. The molecule has 0 saturated carbocycles. The van der Waals surface area contributed by atoms with Crippen molar-refractivity contribution in [2.24, 2.45) is 5.92 Å². The van der Waals surface area contributed by atoms with Crippen molar-refractivity contribution in [3.8, 4) is 5.75 Å². The summed E-state index contributed by atoms with van der Waals surface area (Å²) in [6.45, 7) is 2.27. The number of nitrogens with zero attached hydrogens (tertiary/aromatic N) is 1. The number of rotatable bonds is 2. The molecule has 0 aromatic heterocycles. The van der Waals surface area contributed by atoms with E-state index in [1.807, 2.05) is 6.07 Å². The van der Waals surface area contributed by atoms with Crippen molar-refractivity contribution in [3.63, 3.8) is 0 Å². The van der Waals surface area contributed by atoms with E-state index < -0.39 is 0 Å². The maximum Gasteiger partial charge on any atom is 0.414 e. The normalized spacial score (nSPS) is 27.6. The molecule has 96 valence electrons. The van der Waals surface area contributed by atoms with E-state index in [0.29, 0.717) is 18.2 Å². The van der Waals surface area contributed by atoms with Crippen LogP contribution >= 0.6 is 0 Å². The van der Waals surface area contributed by atoms with Gasteiger partial charge in [-0.3, -0.25) is 4.90 Å². The molecule has 2 N–H and O–H groups in total. The fourth-order valence-electron chi connectivity index (χ4n) is 2.73. The van der Waals surface area contributed by atoms with Gasteiger partial charge in [0, 0.05) is 6.54 Å². The van der Waals surface area contributed by atoms with Crippen LogP contribution in [-0.4, -0.2) is 36.9 Å². The second kappa shape index (κ2) is 4.49. The monoisotopic (exact) mass is 248 g/mol. The molecule has 2 heterocycles. The quantitative estimate of drug-likeness (QED) is 0.828. The molecular weight excluding hydrogens is 232 g/mol. The molecule has 2 fully saturated rings. The highest BCUT2D eigenvalue weighted by atomic mass is 16.6. The molecule has 3 rings (SSSR count). The van der Waals surface area contributed by atoms with Crippen LogP contribution in [0.3, 0.4) is 0 Å². The summed E-state index contributed by atoms with van der Waals surface area (Å²) in [4.78, 5) is 13.5. The SMILES string of the molecule is O=C1OCC(C2CCNC2)N1c1ccccc1O. The molecule has 1 aromatic rings. The van der Waals surface area contributed by atoms with Crippen molar-refractivity contribution >= 4 is 11.8 Å². The Morgan fingerprint density at radius 3 is 2.94 bits per heavy atom. The Balaban J connectivity index is 1.92. The van der Waals surface area contributed by atoms with Gasteiger partial charge in [0.15, 0.2) is 0 Å². The number of nitrogens with one attached hydrogen (secondary N) is 1. The van der Waals surface area contributed by atoms with E-state index in [1.165, 1.54) is 0 Å². The van der Waals surface area contributed by atoms with Gasteiger partial charge in [-0.15, -0.1) is 0 Å². The van der Waals surface area contributed by atoms with Crippen molar-refractivity contribution in [2.75, 3.05) is 24.6 Å². The Morgan fingerprint density at radius 2 is 2.22 bits per heavy atom. The third-order valence-electron chi connectivity index (χ3n) is 3.69. The number of anilines is 1. The lowest BCUT2D eigenvalue weighted by Gasteiger charge is -2.26. The van der Waals surface area contributed by atoms with Crippen LogP contribution in [-0.2, 0) is 4.74 Å². The van der Waals surface area contributed by atoms with Gasteiger partial charge >= 0.3 is 6.09 Å². The molecular formula is C13H16N2O3. The van der Waals surface area contributed by atoms with Gasteiger partial charge in [0.1, 0.15) is 12.4 Å². The van der Waals surface area contributed by atoms with Crippen LogP contribution in [0.4, 0.5) is 10.5 Å². The van der Waals surface area contributed by atoms with Crippen LogP contribution in [0.15, 0.2) is 24.3 Å². The standard InChI is InChI=1S/C13H16N2O3/c16-12-4-2-1-3-10(12)15-11(8-18-13(15)17)9-5-6-14-7-9/h1-4,9,11,14,16H,5-8H2. The molecule has 5 nitrogen and oxygen atoms in total. The van der Waals surface area contributed by atoms with Crippen LogP contribution in [0.1, 0.15) is 6.42 Å². The van der Waals surface area contributed by atoms with Gasteiger partial charge in [0.25, 0.3) is 0 Å². The maximum absolute atomic E-state index is 11.9. The van der Waals surface area contributed by atoms with Crippen LogP contribution < -0.4 is 10.2 Å². The van der Waals surface area contributed by atoms with Gasteiger partial charge in [0.2, 0.25) is 0 Å². The zero-order valence-electron chi connectivity index (χ0n) is 10.0. The van der Waals surface area contributed by atoms with Crippen molar-refractivity contribution in [3.05, 3.63) is 24.3 Å². The van der Waals surface area contributed by atoms with Crippen molar-refractivity contribution in [2.45, 2.75) is 12.5 Å². The molecule has 0 aliphatic carbocycles. The molecule has 0 spiro atoms. The highest BCUT2D eigenvalue weighted by Crippen LogP contribution is 2.34. The maximum atomic E-state index is 11.9. The van der Waals surface area contributed by atoms with Gasteiger partial charge in [-0.05, 0) is 31.0 Å². The molecule has 0 radical (unpaired) electrons. The number of hydrogen-bond donors (Lipinski definition) is 2. The third kappa shape index (κ3) is 1.80. The van der Waals surface area contributed by atoms with E-state index in [2.05, 4.69) is 5.32 Å². The summed E-state index contributed by atoms with van der Waals surface area (Å²) in [7, 11) is 0. The number of ether oxygens (including phenoxy) is 1. The van der Waals surface area contributed by atoms with Crippen LogP contribution in [0, 0.1) is 5.92 Å². The Labute approximate surface area is 105 Å². The van der Waals surface area contributed by atoms with E-state index in [4.69, 9.17) is 4.74 Å². The predicted octanol–water partition coefficient (Wildman–Crippen LogP) is 1.33. The number of amides is 1. The Morgan fingerprint density at radius 1 is 1.39 bits per heavy atom. The summed E-state index contributed by atoms with van der Waals surface area (Å²) < 4.78 is 5.15. The van der Waals surface area contributed by atoms with Gasteiger partial charge in [-0.25, -0.2) is 4.79 Å². The molecule has 2 aliphatic rings. The second-order valence-electron chi connectivity index (χ2n) is 4.76. The smallest absolute Gasteiger partial charge is 0.414 e. The van der Waals surface area contributed by atoms with E-state index in [-0.39, 0.29) is 17.9 Å². The van der Waals surface area contributed by atoms with Crippen molar-refractivity contribution in [1.82, 2.24) is 5.32 Å². The fraction of sp³-hybridized carbons (Fsp3) is 0.462. The Hall–Kier alpha value is -1.75. The first-order chi connectivity index (χ1) is 8.77.